The first-order valence-corrected chi connectivity index (χ1v) is 7.88. The lowest BCUT2D eigenvalue weighted by Gasteiger charge is -2.21. The molecule has 19 heavy (non-hydrogen) atoms. The lowest BCUT2D eigenvalue weighted by atomic mass is 10.0. The number of likely N-dealkylation sites (N-methyl/N-ethyl adjacent to an activating group) is 1. The molecule has 0 atom stereocenters. The summed E-state index contributed by atoms with van der Waals surface area (Å²) >= 11 is 0. The van der Waals surface area contributed by atoms with Gasteiger partial charge in [-0.15, -0.1) is 0 Å². The van der Waals surface area contributed by atoms with Crippen molar-refractivity contribution in [3.8, 4) is 0 Å². The molecular weight excluding hydrogens is 236 g/mol. The molecule has 0 aromatic heterocycles. The van der Waals surface area contributed by atoms with E-state index in [-0.39, 0.29) is 0 Å². The largest absolute Gasteiger partial charge is 0.356 e. The number of rotatable bonds is 10. The summed E-state index contributed by atoms with van der Waals surface area (Å²) in [5.74, 6) is 1.67. The van der Waals surface area contributed by atoms with Crippen molar-refractivity contribution in [2.24, 2.45) is 10.9 Å². The quantitative estimate of drug-likeness (QED) is 0.473. The van der Waals surface area contributed by atoms with Crippen LogP contribution in [0.1, 0.15) is 47.0 Å². The molecule has 0 saturated carbocycles. The molecule has 4 nitrogen and oxygen atoms in total. The average Bonchev–Trinajstić information content (AvgIpc) is 2.45. The van der Waals surface area contributed by atoms with Crippen LogP contribution in [-0.4, -0.2) is 50.6 Å². The van der Waals surface area contributed by atoms with Crippen molar-refractivity contribution in [2.75, 3.05) is 39.8 Å². The van der Waals surface area contributed by atoms with Gasteiger partial charge in [-0.1, -0.05) is 40.5 Å². The molecule has 0 aliphatic rings. The van der Waals surface area contributed by atoms with Gasteiger partial charge < -0.3 is 15.5 Å². The van der Waals surface area contributed by atoms with Gasteiger partial charge in [-0.05, 0) is 25.4 Å². The molecule has 0 aromatic carbocycles. The van der Waals surface area contributed by atoms with Crippen LogP contribution in [0.3, 0.4) is 0 Å². The molecule has 0 unspecified atom stereocenters. The number of nitrogens with one attached hydrogen (secondary N) is 2. The number of hydrogen-bond acceptors (Lipinski definition) is 2. The molecule has 0 heterocycles. The van der Waals surface area contributed by atoms with Gasteiger partial charge in [-0.3, -0.25) is 4.99 Å². The Kier molecular flexibility index (Phi) is 11.8. The van der Waals surface area contributed by atoms with E-state index in [0.717, 1.165) is 38.1 Å². The third kappa shape index (κ3) is 8.87. The fraction of sp³-hybridized carbons (Fsp3) is 0.933. The molecule has 0 spiro atoms. The van der Waals surface area contributed by atoms with Gasteiger partial charge in [0.25, 0.3) is 0 Å². The van der Waals surface area contributed by atoms with Crippen LogP contribution in [-0.2, 0) is 0 Å². The van der Waals surface area contributed by atoms with Crippen molar-refractivity contribution in [1.29, 1.82) is 0 Å². The van der Waals surface area contributed by atoms with E-state index in [2.05, 4.69) is 48.2 Å². The van der Waals surface area contributed by atoms with Gasteiger partial charge in [0.05, 0.1) is 0 Å². The minimum atomic E-state index is 0.741. The fourth-order valence-electron chi connectivity index (χ4n) is 2.12. The standard InChI is InChI=1S/C15H34N4/c1-6-11-19(9-4)12-10-17-15(16-5)18-13-14(7-2)8-3/h14H,6-13H2,1-5H3,(H2,16,17,18). The summed E-state index contributed by atoms with van der Waals surface area (Å²) in [5.41, 5.74) is 0. The molecule has 0 aromatic rings. The normalized spacial score (nSPS) is 12.3. The maximum atomic E-state index is 4.27. The SMILES string of the molecule is CCCN(CC)CCNC(=NC)NCC(CC)CC. The van der Waals surface area contributed by atoms with E-state index in [4.69, 9.17) is 0 Å². The second-order valence-corrected chi connectivity index (χ2v) is 5.00. The Bertz CT molecular complexity index is 224. The lowest BCUT2D eigenvalue weighted by molar-refractivity contribution is 0.293. The van der Waals surface area contributed by atoms with Crippen LogP contribution < -0.4 is 10.6 Å². The second-order valence-electron chi connectivity index (χ2n) is 5.00. The molecule has 0 fully saturated rings. The van der Waals surface area contributed by atoms with Crippen molar-refractivity contribution in [2.45, 2.75) is 47.0 Å². The van der Waals surface area contributed by atoms with Crippen LogP contribution in [0.15, 0.2) is 4.99 Å². The van der Waals surface area contributed by atoms with Gasteiger partial charge in [0.15, 0.2) is 5.96 Å². The Morgan fingerprint density at radius 1 is 1.05 bits per heavy atom. The van der Waals surface area contributed by atoms with Crippen molar-refractivity contribution >= 4 is 5.96 Å². The Morgan fingerprint density at radius 3 is 2.21 bits per heavy atom. The lowest BCUT2D eigenvalue weighted by Crippen LogP contribution is -2.43. The highest BCUT2D eigenvalue weighted by Gasteiger charge is 2.05. The summed E-state index contributed by atoms with van der Waals surface area (Å²) in [4.78, 5) is 6.73. The molecule has 4 heteroatoms. The van der Waals surface area contributed by atoms with Crippen molar-refractivity contribution in [1.82, 2.24) is 15.5 Å². The smallest absolute Gasteiger partial charge is 0.191 e. The van der Waals surface area contributed by atoms with Crippen molar-refractivity contribution < 1.29 is 0 Å². The first kappa shape index (κ1) is 18.2. The molecule has 0 radical (unpaired) electrons. The van der Waals surface area contributed by atoms with Crippen molar-refractivity contribution in [3.63, 3.8) is 0 Å². The van der Waals surface area contributed by atoms with Crippen LogP contribution in [0, 0.1) is 5.92 Å². The molecule has 2 N–H and O–H groups in total. The van der Waals surface area contributed by atoms with E-state index in [0.29, 0.717) is 0 Å². The highest BCUT2D eigenvalue weighted by Crippen LogP contribution is 2.04. The first-order valence-electron chi connectivity index (χ1n) is 7.88. The van der Waals surface area contributed by atoms with E-state index < -0.39 is 0 Å². The van der Waals surface area contributed by atoms with E-state index in [1.165, 1.54) is 25.8 Å². The molecule has 114 valence electrons. The van der Waals surface area contributed by atoms with Crippen LogP contribution >= 0.6 is 0 Å². The fourth-order valence-corrected chi connectivity index (χ4v) is 2.12. The van der Waals surface area contributed by atoms with Crippen LogP contribution in [0.2, 0.25) is 0 Å². The maximum absolute atomic E-state index is 4.27. The molecule has 0 bridgehead atoms. The van der Waals surface area contributed by atoms with E-state index in [1.807, 2.05) is 7.05 Å². The van der Waals surface area contributed by atoms with E-state index >= 15 is 0 Å². The van der Waals surface area contributed by atoms with Gasteiger partial charge in [-0.25, -0.2) is 0 Å². The Labute approximate surface area is 120 Å². The van der Waals surface area contributed by atoms with Crippen LogP contribution in [0.25, 0.3) is 0 Å². The Hall–Kier alpha value is -0.770. The van der Waals surface area contributed by atoms with Gasteiger partial charge in [0.2, 0.25) is 0 Å². The molecule has 0 rings (SSSR count). The van der Waals surface area contributed by atoms with Gasteiger partial charge in [0.1, 0.15) is 0 Å². The summed E-state index contributed by atoms with van der Waals surface area (Å²) in [6.45, 7) is 14.3. The zero-order chi connectivity index (χ0) is 14.5. The van der Waals surface area contributed by atoms with E-state index in [9.17, 15) is 0 Å². The van der Waals surface area contributed by atoms with Crippen molar-refractivity contribution in [3.05, 3.63) is 0 Å². The average molecular weight is 270 g/mol. The maximum Gasteiger partial charge on any atom is 0.191 e. The van der Waals surface area contributed by atoms with Gasteiger partial charge in [0, 0.05) is 26.7 Å². The Balaban J connectivity index is 3.88. The predicted molar refractivity (Wildman–Crippen MR) is 85.8 cm³/mol. The summed E-state index contributed by atoms with van der Waals surface area (Å²) < 4.78 is 0. The first-order chi connectivity index (χ1) is 9.21. The highest BCUT2D eigenvalue weighted by atomic mass is 15.2. The summed E-state index contributed by atoms with van der Waals surface area (Å²) in [7, 11) is 1.84. The molecular formula is C15H34N4. The van der Waals surface area contributed by atoms with Crippen LogP contribution in [0.4, 0.5) is 0 Å². The zero-order valence-corrected chi connectivity index (χ0v) is 13.6. The summed E-state index contributed by atoms with van der Waals surface area (Å²) in [5, 5.41) is 6.81. The summed E-state index contributed by atoms with van der Waals surface area (Å²) in [6.07, 6.45) is 3.66. The topological polar surface area (TPSA) is 39.7 Å². The number of guanidine groups is 1. The number of aliphatic imine (C=N–C) groups is 1. The number of nitrogens with zero attached hydrogens (tertiary/aromatic N) is 2. The third-order valence-electron chi connectivity index (χ3n) is 3.64. The molecule has 0 saturated heterocycles. The molecule has 0 amide bonds. The number of hydrogen-bond donors (Lipinski definition) is 2. The predicted octanol–water partition coefficient (Wildman–Crippen LogP) is 2.32. The third-order valence-corrected chi connectivity index (χ3v) is 3.64. The Morgan fingerprint density at radius 2 is 1.74 bits per heavy atom. The molecule has 0 aliphatic heterocycles. The van der Waals surface area contributed by atoms with Crippen LogP contribution in [0.5, 0.6) is 0 Å². The highest BCUT2D eigenvalue weighted by molar-refractivity contribution is 5.79. The molecule has 0 aliphatic carbocycles. The van der Waals surface area contributed by atoms with E-state index in [1.54, 1.807) is 0 Å². The van der Waals surface area contributed by atoms with Gasteiger partial charge >= 0.3 is 0 Å². The minimum Gasteiger partial charge on any atom is -0.356 e. The zero-order valence-electron chi connectivity index (χ0n) is 13.6. The second kappa shape index (κ2) is 12.3. The van der Waals surface area contributed by atoms with Gasteiger partial charge in [-0.2, -0.15) is 0 Å². The minimum absolute atomic E-state index is 0.741. The monoisotopic (exact) mass is 270 g/mol. The summed E-state index contributed by atoms with van der Waals surface area (Å²) in [6, 6.07) is 0.